The van der Waals surface area contributed by atoms with Gasteiger partial charge >= 0.3 is 11.9 Å². The van der Waals surface area contributed by atoms with Crippen molar-refractivity contribution >= 4 is 11.9 Å². The lowest BCUT2D eigenvalue weighted by Crippen LogP contribution is -2.18. The van der Waals surface area contributed by atoms with Crippen molar-refractivity contribution in [3.05, 3.63) is 0 Å². The van der Waals surface area contributed by atoms with Gasteiger partial charge in [-0.1, -0.05) is 136 Å². The average molecular weight is 511 g/mol. The Morgan fingerprint density at radius 3 is 1.25 bits per heavy atom. The lowest BCUT2D eigenvalue weighted by atomic mass is 10.0. The maximum atomic E-state index is 12.4. The quantitative estimate of drug-likeness (QED) is 0.0802. The zero-order valence-electron chi connectivity index (χ0n) is 24.3. The monoisotopic (exact) mass is 510 g/mol. The Labute approximate surface area is 224 Å². The Balaban J connectivity index is 3.76. The molecule has 4 nitrogen and oxygen atoms in total. The number of carboxylic acid groups (broad SMARTS) is 1. The predicted octanol–water partition coefficient (Wildman–Crippen LogP) is 10.6. The van der Waals surface area contributed by atoms with E-state index in [0.717, 1.165) is 38.5 Å². The molecule has 0 saturated carbocycles. The fourth-order valence-corrected chi connectivity index (χ4v) is 4.95. The summed E-state index contributed by atoms with van der Waals surface area (Å²) >= 11 is 0. The van der Waals surface area contributed by atoms with Gasteiger partial charge in [0.05, 0.1) is 0 Å². The van der Waals surface area contributed by atoms with Crippen LogP contribution in [0.15, 0.2) is 0 Å². The molecule has 36 heavy (non-hydrogen) atoms. The Kier molecular flexibility index (Phi) is 27.7. The third-order valence-electron chi connectivity index (χ3n) is 7.33. The summed E-state index contributed by atoms with van der Waals surface area (Å²) in [5, 5.41) is 8.85. The highest BCUT2D eigenvalue weighted by molar-refractivity contribution is 5.69. The first-order chi connectivity index (χ1) is 17.6. The molecule has 0 aliphatic heterocycles. The maximum absolute atomic E-state index is 12.4. The van der Waals surface area contributed by atoms with E-state index >= 15 is 0 Å². The third kappa shape index (κ3) is 27.5. The van der Waals surface area contributed by atoms with Crippen LogP contribution in [0.1, 0.15) is 187 Å². The molecule has 0 saturated heterocycles. The highest BCUT2D eigenvalue weighted by atomic mass is 16.5. The van der Waals surface area contributed by atoms with Crippen molar-refractivity contribution in [3.63, 3.8) is 0 Å². The van der Waals surface area contributed by atoms with Crippen molar-refractivity contribution in [2.24, 2.45) is 0 Å². The van der Waals surface area contributed by atoms with Gasteiger partial charge in [-0.25, -0.2) is 0 Å². The number of hydrogen-bond acceptors (Lipinski definition) is 3. The molecule has 0 aromatic carbocycles. The Morgan fingerprint density at radius 2 is 0.833 bits per heavy atom. The van der Waals surface area contributed by atoms with Crippen LogP contribution in [0.3, 0.4) is 0 Å². The first-order valence-electron chi connectivity index (χ1n) is 16.0. The molecule has 0 heterocycles. The van der Waals surface area contributed by atoms with E-state index in [1.165, 1.54) is 116 Å². The summed E-state index contributed by atoms with van der Waals surface area (Å²) in [5.74, 6) is -0.799. The van der Waals surface area contributed by atoms with Gasteiger partial charge in [0, 0.05) is 12.8 Å². The van der Waals surface area contributed by atoms with E-state index in [4.69, 9.17) is 9.84 Å². The van der Waals surface area contributed by atoms with E-state index < -0.39 is 5.97 Å². The molecule has 0 aliphatic rings. The molecule has 0 spiro atoms. The molecule has 0 aromatic rings. The van der Waals surface area contributed by atoms with Crippen LogP contribution >= 0.6 is 0 Å². The number of esters is 1. The second-order valence-corrected chi connectivity index (χ2v) is 11.0. The summed E-state index contributed by atoms with van der Waals surface area (Å²) in [6.07, 6.45) is 31.2. The van der Waals surface area contributed by atoms with Crippen LogP contribution in [-0.4, -0.2) is 23.1 Å². The van der Waals surface area contributed by atoms with Crippen LogP contribution in [0.4, 0.5) is 0 Å². The minimum absolute atomic E-state index is 0.0335. The van der Waals surface area contributed by atoms with Crippen molar-refractivity contribution in [1.29, 1.82) is 0 Å². The summed E-state index contributed by atoms with van der Waals surface area (Å²) in [6.45, 7) is 4.50. The lowest BCUT2D eigenvalue weighted by Gasteiger charge is -2.18. The van der Waals surface area contributed by atoms with E-state index in [9.17, 15) is 9.59 Å². The first kappa shape index (κ1) is 34.9. The summed E-state index contributed by atoms with van der Waals surface area (Å²) in [6, 6.07) is 0. The van der Waals surface area contributed by atoms with E-state index in [0.29, 0.717) is 12.8 Å². The Morgan fingerprint density at radius 1 is 0.500 bits per heavy atom. The minimum atomic E-state index is -0.743. The number of carboxylic acids is 1. The zero-order valence-corrected chi connectivity index (χ0v) is 24.3. The maximum Gasteiger partial charge on any atom is 0.306 e. The van der Waals surface area contributed by atoms with Crippen LogP contribution in [0.5, 0.6) is 0 Å². The molecule has 0 rings (SSSR count). The summed E-state index contributed by atoms with van der Waals surface area (Å²) in [5.41, 5.74) is 0. The molecule has 0 aliphatic carbocycles. The van der Waals surface area contributed by atoms with Gasteiger partial charge in [-0.3, -0.25) is 9.59 Å². The largest absolute Gasteiger partial charge is 0.481 e. The van der Waals surface area contributed by atoms with E-state index in [1.807, 2.05) is 0 Å². The summed E-state index contributed by atoms with van der Waals surface area (Å²) in [7, 11) is 0. The standard InChI is InChI=1S/C32H62O4/c1-3-5-7-9-11-12-13-14-15-16-17-18-19-21-23-29-32(35)36-30(27-24-25-28-31(33)34)26-22-20-10-8-6-4-2/h30H,3-29H2,1-2H3,(H,33,34). The van der Waals surface area contributed by atoms with Gasteiger partial charge < -0.3 is 9.84 Å². The number of ether oxygens (including phenoxy) is 1. The summed E-state index contributed by atoms with van der Waals surface area (Å²) < 4.78 is 5.82. The van der Waals surface area contributed by atoms with Gasteiger partial charge in [0.15, 0.2) is 0 Å². The molecule has 4 heteroatoms. The van der Waals surface area contributed by atoms with E-state index in [2.05, 4.69) is 13.8 Å². The Hall–Kier alpha value is -1.06. The van der Waals surface area contributed by atoms with Crippen molar-refractivity contribution in [2.45, 2.75) is 193 Å². The minimum Gasteiger partial charge on any atom is -0.481 e. The topological polar surface area (TPSA) is 63.6 Å². The van der Waals surface area contributed by atoms with E-state index in [1.54, 1.807) is 0 Å². The molecule has 0 fully saturated rings. The highest BCUT2D eigenvalue weighted by Gasteiger charge is 2.14. The number of aliphatic carboxylic acids is 1. The molecule has 214 valence electrons. The smallest absolute Gasteiger partial charge is 0.306 e. The van der Waals surface area contributed by atoms with Gasteiger partial charge in [0.2, 0.25) is 0 Å². The molecule has 1 N–H and O–H groups in total. The molecular weight excluding hydrogens is 448 g/mol. The van der Waals surface area contributed by atoms with Crippen LogP contribution in [0.2, 0.25) is 0 Å². The Bertz CT molecular complexity index is 477. The molecule has 0 aromatic heterocycles. The van der Waals surface area contributed by atoms with Crippen LogP contribution in [0, 0.1) is 0 Å². The number of unbranched alkanes of at least 4 members (excludes halogenated alkanes) is 20. The van der Waals surface area contributed by atoms with Crippen molar-refractivity contribution in [1.82, 2.24) is 0 Å². The fourth-order valence-electron chi connectivity index (χ4n) is 4.95. The fraction of sp³-hybridized carbons (Fsp3) is 0.938. The second-order valence-electron chi connectivity index (χ2n) is 11.0. The second kappa shape index (κ2) is 28.5. The zero-order chi connectivity index (χ0) is 26.5. The van der Waals surface area contributed by atoms with Gasteiger partial charge in [-0.05, 0) is 38.5 Å². The third-order valence-corrected chi connectivity index (χ3v) is 7.33. The summed E-state index contributed by atoms with van der Waals surface area (Å²) in [4.78, 5) is 23.1. The highest BCUT2D eigenvalue weighted by Crippen LogP contribution is 2.18. The van der Waals surface area contributed by atoms with Gasteiger partial charge in [0.1, 0.15) is 6.10 Å². The number of hydrogen-bond donors (Lipinski definition) is 1. The molecule has 0 amide bonds. The number of carbonyl (C=O) groups is 2. The van der Waals surface area contributed by atoms with Crippen LogP contribution in [0.25, 0.3) is 0 Å². The van der Waals surface area contributed by atoms with Gasteiger partial charge in [-0.2, -0.15) is 0 Å². The van der Waals surface area contributed by atoms with Crippen molar-refractivity contribution in [2.75, 3.05) is 0 Å². The SMILES string of the molecule is CCCCCCCCCCCCCCCCCC(=O)OC(CCCCCCCC)CCCCC(=O)O. The van der Waals surface area contributed by atoms with Crippen molar-refractivity contribution < 1.29 is 19.4 Å². The van der Waals surface area contributed by atoms with Crippen molar-refractivity contribution in [3.8, 4) is 0 Å². The molecule has 1 unspecified atom stereocenters. The molecule has 0 radical (unpaired) electrons. The van der Waals surface area contributed by atoms with Crippen LogP contribution < -0.4 is 0 Å². The molecular formula is C32H62O4. The van der Waals surface area contributed by atoms with Gasteiger partial charge in [-0.15, -0.1) is 0 Å². The lowest BCUT2D eigenvalue weighted by molar-refractivity contribution is -0.150. The molecule has 0 bridgehead atoms. The normalized spacial score (nSPS) is 12.1. The van der Waals surface area contributed by atoms with E-state index in [-0.39, 0.29) is 18.5 Å². The number of carbonyl (C=O) groups excluding carboxylic acids is 1. The van der Waals surface area contributed by atoms with Crippen LogP contribution in [-0.2, 0) is 14.3 Å². The van der Waals surface area contributed by atoms with Gasteiger partial charge in [0.25, 0.3) is 0 Å². The number of rotatable bonds is 29. The predicted molar refractivity (Wildman–Crippen MR) is 154 cm³/mol. The first-order valence-corrected chi connectivity index (χ1v) is 16.0. The molecule has 1 atom stereocenters. The average Bonchev–Trinajstić information content (AvgIpc) is 2.86.